The first-order chi connectivity index (χ1) is 13.5. The summed E-state index contributed by atoms with van der Waals surface area (Å²) >= 11 is 0. The molecule has 2 aliphatic heterocycles. The smallest absolute Gasteiger partial charge is 0.339 e. The van der Waals surface area contributed by atoms with Crippen LogP contribution in [0.2, 0.25) is 0 Å². The maximum Gasteiger partial charge on any atom is 0.339 e. The largest absolute Gasteiger partial charge is 0.494 e. The number of rotatable bonds is 8. The quantitative estimate of drug-likeness (QED) is 0.481. The lowest BCUT2D eigenvalue weighted by atomic mass is 10.2. The van der Waals surface area contributed by atoms with Gasteiger partial charge in [0, 0.05) is 12.7 Å². The van der Waals surface area contributed by atoms with Gasteiger partial charge in [-0.3, -0.25) is 0 Å². The van der Waals surface area contributed by atoms with Crippen LogP contribution in [0.25, 0.3) is 0 Å². The zero-order valence-corrected chi connectivity index (χ0v) is 16.4. The maximum absolute atomic E-state index is 12.2. The molecule has 0 unspecified atom stereocenters. The number of esters is 1. The molecule has 0 aliphatic carbocycles. The molecule has 0 saturated carbocycles. The number of nitrogens with zero attached hydrogens (tertiary/aromatic N) is 2. The van der Waals surface area contributed by atoms with E-state index in [1.54, 1.807) is 23.2 Å². The lowest BCUT2D eigenvalue weighted by Gasteiger charge is -2.26. The van der Waals surface area contributed by atoms with E-state index < -0.39 is 16.0 Å². The van der Waals surface area contributed by atoms with E-state index in [-0.39, 0.29) is 25.5 Å². The van der Waals surface area contributed by atoms with Gasteiger partial charge in [0.1, 0.15) is 30.5 Å². The lowest BCUT2D eigenvalue weighted by Crippen LogP contribution is -2.37. The first kappa shape index (κ1) is 19.9. The predicted octanol–water partition coefficient (Wildman–Crippen LogP) is 1.90. The van der Waals surface area contributed by atoms with E-state index >= 15 is 0 Å². The molecule has 0 atom stereocenters. The van der Waals surface area contributed by atoms with Gasteiger partial charge in [0.2, 0.25) is 0 Å². The average molecular weight is 406 g/mol. The van der Waals surface area contributed by atoms with Gasteiger partial charge in [0.15, 0.2) is 0 Å². The normalized spacial score (nSPS) is 17.2. The topological polar surface area (TPSA) is 94.5 Å². The fraction of sp³-hybridized carbons (Fsp3) is 0.368. The summed E-state index contributed by atoms with van der Waals surface area (Å²) in [5.41, 5.74) is 0.329. The summed E-state index contributed by atoms with van der Waals surface area (Å²) in [5.74, 6) is 1.16. The second-order valence-electron chi connectivity index (χ2n) is 6.15. The highest BCUT2D eigenvalue weighted by Gasteiger charge is 2.25. The van der Waals surface area contributed by atoms with Gasteiger partial charge in [-0.05, 0) is 42.8 Å². The standard InChI is InChI=1S/C19H22N2O6S/c1-2-10-25-16-4-6-17(7-5-16)26-11-12-27-19(22)15-3-8-18-20-28(23,24)13-9-21(18)14-15/h3-8,14H,2,9-13H2,1H3. The number of fused-ring (bicyclic) bond motifs is 1. The molecule has 1 aromatic carbocycles. The van der Waals surface area contributed by atoms with Crippen molar-refractivity contribution in [3.05, 3.63) is 48.2 Å². The Morgan fingerprint density at radius 3 is 2.43 bits per heavy atom. The van der Waals surface area contributed by atoms with Gasteiger partial charge in [-0.25, -0.2) is 13.2 Å². The van der Waals surface area contributed by atoms with Crippen molar-refractivity contribution in [3.63, 3.8) is 0 Å². The number of carbonyl (C=O) groups is 1. The van der Waals surface area contributed by atoms with Crippen LogP contribution in [0.15, 0.2) is 52.6 Å². The van der Waals surface area contributed by atoms with Crippen LogP contribution in [0, 0.1) is 0 Å². The van der Waals surface area contributed by atoms with Crippen molar-refractivity contribution in [2.45, 2.75) is 13.3 Å². The molecule has 0 spiro atoms. The number of benzene rings is 1. The summed E-state index contributed by atoms with van der Waals surface area (Å²) in [7, 11) is -3.42. The van der Waals surface area contributed by atoms with E-state index in [0.29, 0.717) is 23.8 Å². The van der Waals surface area contributed by atoms with Crippen molar-refractivity contribution in [2.24, 2.45) is 4.40 Å². The molecule has 3 rings (SSSR count). The molecule has 8 nitrogen and oxygen atoms in total. The van der Waals surface area contributed by atoms with E-state index in [4.69, 9.17) is 14.2 Å². The molecule has 0 bridgehead atoms. The molecule has 1 aromatic rings. The van der Waals surface area contributed by atoms with E-state index in [1.165, 1.54) is 12.2 Å². The Bertz CT molecular complexity index is 903. The summed E-state index contributed by atoms with van der Waals surface area (Å²) in [6, 6.07) is 7.24. The number of carbonyl (C=O) groups excluding carboxylic acids is 1. The fourth-order valence-corrected chi connectivity index (χ4v) is 3.52. The Hall–Kier alpha value is -2.81. The van der Waals surface area contributed by atoms with Crippen LogP contribution in [0.4, 0.5) is 0 Å². The third-order valence-corrected chi connectivity index (χ3v) is 5.11. The summed E-state index contributed by atoms with van der Waals surface area (Å²) < 4.78 is 42.9. The molecule has 0 fully saturated rings. The van der Waals surface area contributed by atoms with Gasteiger partial charge in [-0.15, -0.1) is 4.40 Å². The summed E-state index contributed by atoms with van der Waals surface area (Å²) in [5, 5.41) is 0. The maximum atomic E-state index is 12.2. The Morgan fingerprint density at radius 2 is 1.75 bits per heavy atom. The second kappa shape index (κ2) is 8.92. The molecular formula is C19H22N2O6S. The highest BCUT2D eigenvalue weighted by molar-refractivity contribution is 7.90. The molecule has 2 aliphatic rings. The lowest BCUT2D eigenvalue weighted by molar-refractivity contribution is -0.139. The molecule has 0 amide bonds. The molecular weight excluding hydrogens is 384 g/mol. The van der Waals surface area contributed by atoms with Crippen LogP contribution in [-0.2, 0) is 19.6 Å². The van der Waals surface area contributed by atoms with Gasteiger partial charge >= 0.3 is 5.97 Å². The van der Waals surface area contributed by atoms with Crippen LogP contribution < -0.4 is 9.47 Å². The van der Waals surface area contributed by atoms with Crippen LogP contribution in [0.1, 0.15) is 13.3 Å². The Labute approximate surface area is 164 Å². The SMILES string of the molecule is CCCOc1ccc(OCCOC(=O)C2=CN3CCS(=O)(=O)N=C3C=C2)cc1. The third-order valence-electron chi connectivity index (χ3n) is 3.94. The Morgan fingerprint density at radius 1 is 1.07 bits per heavy atom. The minimum atomic E-state index is -3.42. The monoisotopic (exact) mass is 406 g/mol. The van der Waals surface area contributed by atoms with Crippen LogP contribution >= 0.6 is 0 Å². The third kappa shape index (κ3) is 5.35. The second-order valence-corrected chi connectivity index (χ2v) is 7.91. The minimum Gasteiger partial charge on any atom is -0.494 e. The van der Waals surface area contributed by atoms with Crippen LogP contribution in [0.3, 0.4) is 0 Å². The predicted molar refractivity (Wildman–Crippen MR) is 104 cm³/mol. The molecule has 0 N–H and O–H groups in total. The molecule has 0 aromatic heterocycles. The van der Waals surface area contributed by atoms with Gasteiger partial charge < -0.3 is 19.1 Å². The van der Waals surface area contributed by atoms with Crippen molar-refractivity contribution in [3.8, 4) is 11.5 Å². The van der Waals surface area contributed by atoms with Gasteiger partial charge in [-0.1, -0.05) is 6.92 Å². The zero-order valence-electron chi connectivity index (χ0n) is 15.5. The van der Waals surface area contributed by atoms with Gasteiger partial charge in [0.05, 0.1) is 17.9 Å². The first-order valence-electron chi connectivity index (χ1n) is 8.99. The first-order valence-corrected chi connectivity index (χ1v) is 10.6. The Kier molecular flexibility index (Phi) is 6.35. The number of amidine groups is 1. The van der Waals surface area contributed by atoms with Gasteiger partial charge in [-0.2, -0.15) is 0 Å². The Balaban J connectivity index is 1.44. The van der Waals surface area contributed by atoms with Crippen molar-refractivity contribution >= 4 is 21.8 Å². The van der Waals surface area contributed by atoms with Crippen LogP contribution in [-0.4, -0.2) is 57.2 Å². The molecule has 28 heavy (non-hydrogen) atoms. The minimum absolute atomic E-state index is 0.0840. The van der Waals surface area contributed by atoms with Crippen molar-refractivity contribution < 1.29 is 27.4 Å². The summed E-state index contributed by atoms with van der Waals surface area (Å²) in [6.45, 7) is 3.27. The van der Waals surface area contributed by atoms with E-state index in [9.17, 15) is 13.2 Å². The highest BCUT2D eigenvalue weighted by Crippen LogP contribution is 2.18. The summed E-state index contributed by atoms with van der Waals surface area (Å²) in [6.07, 6.45) is 5.48. The molecule has 0 radical (unpaired) electrons. The fourth-order valence-electron chi connectivity index (χ4n) is 2.55. The molecule has 0 saturated heterocycles. The number of hydrogen-bond acceptors (Lipinski definition) is 7. The number of ether oxygens (including phenoxy) is 3. The van der Waals surface area contributed by atoms with Gasteiger partial charge in [0.25, 0.3) is 10.0 Å². The average Bonchev–Trinajstić information content (AvgIpc) is 2.69. The number of hydrogen-bond donors (Lipinski definition) is 0. The molecule has 2 heterocycles. The van der Waals surface area contributed by atoms with E-state index in [0.717, 1.165) is 12.2 Å². The van der Waals surface area contributed by atoms with Crippen molar-refractivity contribution in [2.75, 3.05) is 32.1 Å². The number of sulfonamides is 1. The molecule has 150 valence electrons. The van der Waals surface area contributed by atoms with E-state index in [2.05, 4.69) is 4.40 Å². The van der Waals surface area contributed by atoms with Crippen molar-refractivity contribution in [1.82, 2.24) is 4.90 Å². The molecule has 9 heteroatoms. The van der Waals surface area contributed by atoms with Crippen molar-refractivity contribution in [1.29, 1.82) is 0 Å². The highest BCUT2D eigenvalue weighted by atomic mass is 32.2. The van der Waals surface area contributed by atoms with E-state index in [1.807, 2.05) is 19.1 Å². The summed E-state index contributed by atoms with van der Waals surface area (Å²) in [4.78, 5) is 13.8. The van der Waals surface area contributed by atoms with Crippen LogP contribution in [0.5, 0.6) is 11.5 Å². The zero-order chi connectivity index (χ0) is 20.0.